The van der Waals surface area contributed by atoms with Gasteiger partial charge in [-0.1, -0.05) is 0 Å². The summed E-state index contributed by atoms with van der Waals surface area (Å²) in [7, 11) is 3.65. The van der Waals surface area contributed by atoms with Crippen molar-refractivity contribution in [2.24, 2.45) is 7.05 Å². The van der Waals surface area contributed by atoms with E-state index in [0.717, 1.165) is 24.2 Å². The molecule has 0 saturated carbocycles. The van der Waals surface area contributed by atoms with Gasteiger partial charge >= 0.3 is 5.97 Å². The van der Waals surface area contributed by atoms with E-state index in [4.69, 9.17) is 5.11 Å². The molecule has 0 amide bonds. The Kier molecular flexibility index (Phi) is 2.67. The SMILES string of the molecule is CN1CCc2c1ccc(-c1cc(C(=O)O)nn1C)c2O. The van der Waals surface area contributed by atoms with Crippen molar-refractivity contribution in [2.75, 3.05) is 18.5 Å². The molecule has 1 aliphatic rings. The first-order valence-corrected chi connectivity index (χ1v) is 6.32. The molecule has 1 aromatic heterocycles. The van der Waals surface area contributed by atoms with Gasteiger partial charge in [0.2, 0.25) is 0 Å². The molecule has 0 unspecified atom stereocenters. The average molecular weight is 273 g/mol. The maximum atomic E-state index is 11.0. The number of carbonyl (C=O) groups is 1. The van der Waals surface area contributed by atoms with Crippen LogP contribution in [0.15, 0.2) is 18.2 Å². The largest absolute Gasteiger partial charge is 0.507 e. The monoisotopic (exact) mass is 273 g/mol. The van der Waals surface area contributed by atoms with E-state index < -0.39 is 5.97 Å². The second-order valence-electron chi connectivity index (χ2n) is 4.97. The maximum absolute atomic E-state index is 11.0. The van der Waals surface area contributed by atoms with Crippen LogP contribution in [0.1, 0.15) is 16.1 Å². The van der Waals surface area contributed by atoms with Gasteiger partial charge in [-0.05, 0) is 24.6 Å². The summed E-state index contributed by atoms with van der Waals surface area (Å²) in [6.07, 6.45) is 0.787. The molecule has 0 radical (unpaired) electrons. The molecule has 0 fully saturated rings. The summed E-state index contributed by atoms with van der Waals surface area (Å²) < 4.78 is 1.48. The minimum Gasteiger partial charge on any atom is -0.507 e. The molecule has 2 N–H and O–H groups in total. The third-order valence-corrected chi connectivity index (χ3v) is 3.74. The molecule has 2 heterocycles. The first-order valence-electron chi connectivity index (χ1n) is 6.32. The van der Waals surface area contributed by atoms with Crippen LogP contribution >= 0.6 is 0 Å². The highest BCUT2D eigenvalue weighted by Crippen LogP contribution is 2.40. The van der Waals surface area contributed by atoms with Crippen LogP contribution in [-0.4, -0.2) is 39.6 Å². The van der Waals surface area contributed by atoms with Crippen LogP contribution in [0.5, 0.6) is 5.75 Å². The number of aromatic nitrogens is 2. The quantitative estimate of drug-likeness (QED) is 0.866. The van der Waals surface area contributed by atoms with E-state index in [1.807, 2.05) is 13.1 Å². The molecule has 1 aromatic carbocycles. The van der Waals surface area contributed by atoms with E-state index >= 15 is 0 Å². The van der Waals surface area contributed by atoms with Crippen molar-refractivity contribution >= 4 is 11.7 Å². The molecule has 0 bridgehead atoms. The van der Waals surface area contributed by atoms with E-state index in [9.17, 15) is 9.90 Å². The Morgan fingerprint density at radius 2 is 2.10 bits per heavy atom. The van der Waals surface area contributed by atoms with Crippen molar-refractivity contribution in [3.05, 3.63) is 29.5 Å². The van der Waals surface area contributed by atoms with Crippen molar-refractivity contribution < 1.29 is 15.0 Å². The molecule has 6 heteroatoms. The fourth-order valence-corrected chi connectivity index (χ4v) is 2.66. The van der Waals surface area contributed by atoms with Crippen LogP contribution in [0.25, 0.3) is 11.3 Å². The van der Waals surface area contributed by atoms with E-state index in [2.05, 4.69) is 10.00 Å². The average Bonchev–Trinajstić information content (AvgIpc) is 2.95. The number of likely N-dealkylation sites (N-methyl/N-ethyl adjacent to an activating group) is 1. The summed E-state index contributed by atoms with van der Waals surface area (Å²) in [5.74, 6) is -0.862. The third-order valence-electron chi connectivity index (χ3n) is 3.74. The fourth-order valence-electron chi connectivity index (χ4n) is 2.66. The molecule has 3 rings (SSSR count). The van der Waals surface area contributed by atoms with Crippen LogP contribution in [0.3, 0.4) is 0 Å². The Hall–Kier alpha value is -2.50. The Labute approximate surface area is 115 Å². The number of hydrogen-bond donors (Lipinski definition) is 2. The van der Waals surface area contributed by atoms with Gasteiger partial charge in [-0.25, -0.2) is 4.79 Å². The first-order chi connectivity index (χ1) is 9.49. The number of aromatic hydroxyl groups is 1. The summed E-state index contributed by atoms with van der Waals surface area (Å²) in [5.41, 5.74) is 3.10. The fraction of sp³-hybridized carbons (Fsp3) is 0.286. The van der Waals surface area contributed by atoms with Crippen LogP contribution in [-0.2, 0) is 13.5 Å². The molecular formula is C14H15N3O3. The minimum absolute atomic E-state index is 0.0282. The van der Waals surface area contributed by atoms with Gasteiger partial charge < -0.3 is 15.1 Å². The number of aromatic carboxylic acids is 1. The van der Waals surface area contributed by atoms with Gasteiger partial charge in [-0.15, -0.1) is 0 Å². The standard InChI is InChI=1S/C14H15N3O3/c1-16-6-5-9-11(16)4-3-8(13(9)18)12-7-10(14(19)20)15-17(12)2/h3-4,7,18H,5-6H2,1-2H3,(H,19,20). The van der Waals surface area contributed by atoms with Gasteiger partial charge in [-0.3, -0.25) is 4.68 Å². The number of nitrogens with zero attached hydrogens (tertiary/aromatic N) is 3. The molecule has 0 atom stereocenters. The number of aryl methyl sites for hydroxylation is 1. The minimum atomic E-state index is -1.08. The molecule has 0 aliphatic carbocycles. The zero-order valence-corrected chi connectivity index (χ0v) is 11.3. The summed E-state index contributed by atoms with van der Waals surface area (Å²) in [6, 6.07) is 5.23. The molecule has 0 spiro atoms. The van der Waals surface area contributed by atoms with E-state index in [1.54, 1.807) is 13.1 Å². The van der Waals surface area contributed by atoms with E-state index in [0.29, 0.717) is 11.3 Å². The number of hydrogen-bond acceptors (Lipinski definition) is 4. The second-order valence-corrected chi connectivity index (χ2v) is 4.97. The Bertz CT molecular complexity index is 706. The number of benzene rings is 1. The molecule has 6 nitrogen and oxygen atoms in total. The lowest BCUT2D eigenvalue weighted by Crippen LogP contribution is -2.12. The van der Waals surface area contributed by atoms with Gasteiger partial charge in [0.15, 0.2) is 5.69 Å². The number of carboxylic acids is 1. The Morgan fingerprint density at radius 3 is 2.75 bits per heavy atom. The van der Waals surface area contributed by atoms with Crippen LogP contribution in [0, 0.1) is 0 Å². The topological polar surface area (TPSA) is 78.6 Å². The van der Waals surface area contributed by atoms with Gasteiger partial charge in [0.1, 0.15) is 5.75 Å². The zero-order chi connectivity index (χ0) is 14.4. The number of anilines is 1. The van der Waals surface area contributed by atoms with Crippen LogP contribution < -0.4 is 4.90 Å². The van der Waals surface area contributed by atoms with Crippen molar-refractivity contribution in [1.82, 2.24) is 9.78 Å². The maximum Gasteiger partial charge on any atom is 0.356 e. The third kappa shape index (κ3) is 1.72. The van der Waals surface area contributed by atoms with Gasteiger partial charge in [0.05, 0.1) is 5.69 Å². The molecular weight excluding hydrogens is 258 g/mol. The summed E-state index contributed by atoms with van der Waals surface area (Å²) in [4.78, 5) is 13.1. The number of fused-ring (bicyclic) bond motifs is 1. The van der Waals surface area contributed by atoms with Crippen molar-refractivity contribution in [2.45, 2.75) is 6.42 Å². The summed E-state index contributed by atoms with van der Waals surface area (Å²) >= 11 is 0. The molecule has 0 saturated heterocycles. The first kappa shape index (κ1) is 12.5. The Morgan fingerprint density at radius 1 is 1.35 bits per heavy atom. The van der Waals surface area contributed by atoms with Crippen molar-refractivity contribution in [1.29, 1.82) is 0 Å². The number of phenolic OH excluding ortho intramolecular Hbond substituents is 1. The molecule has 1 aliphatic heterocycles. The number of rotatable bonds is 2. The van der Waals surface area contributed by atoms with E-state index in [-0.39, 0.29) is 11.4 Å². The predicted octanol–water partition coefficient (Wildman–Crippen LogP) is 1.48. The smallest absolute Gasteiger partial charge is 0.356 e. The molecule has 20 heavy (non-hydrogen) atoms. The Balaban J connectivity index is 2.14. The highest BCUT2D eigenvalue weighted by atomic mass is 16.4. The van der Waals surface area contributed by atoms with E-state index in [1.165, 1.54) is 10.7 Å². The molecule has 104 valence electrons. The summed E-state index contributed by atoms with van der Waals surface area (Å²) in [6.45, 7) is 0.873. The lowest BCUT2D eigenvalue weighted by Gasteiger charge is -2.13. The van der Waals surface area contributed by atoms with Gasteiger partial charge in [-0.2, -0.15) is 5.10 Å². The summed E-state index contributed by atoms with van der Waals surface area (Å²) in [5, 5.41) is 23.4. The highest BCUT2D eigenvalue weighted by molar-refractivity contribution is 5.88. The van der Waals surface area contributed by atoms with Crippen LogP contribution in [0.4, 0.5) is 5.69 Å². The lowest BCUT2D eigenvalue weighted by atomic mass is 10.0. The zero-order valence-electron chi connectivity index (χ0n) is 11.3. The number of phenols is 1. The predicted molar refractivity (Wildman–Crippen MR) is 74.2 cm³/mol. The van der Waals surface area contributed by atoms with Gasteiger partial charge in [0.25, 0.3) is 0 Å². The normalized spacial score (nSPS) is 13.6. The second kappa shape index (κ2) is 4.26. The number of carboxylic acid groups (broad SMARTS) is 1. The van der Waals surface area contributed by atoms with Crippen molar-refractivity contribution in [3.63, 3.8) is 0 Å². The molecule has 2 aromatic rings. The highest BCUT2D eigenvalue weighted by Gasteiger charge is 2.23. The van der Waals surface area contributed by atoms with Crippen LogP contribution in [0.2, 0.25) is 0 Å². The van der Waals surface area contributed by atoms with Crippen molar-refractivity contribution in [3.8, 4) is 17.0 Å². The lowest BCUT2D eigenvalue weighted by molar-refractivity contribution is 0.0689. The van der Waals surface area contributed by atoms with Gasteiger partial charge in [0, 0.05) is 37.5 Å².